The Morgan fingerprint density at radius 3 is 2.63 bits per heavy atom. The fraction of sp³-hybridized carbons (Fsp3) is 0.583. The van der Waals surface area contributed by atoms with Crippen LogP contribution in [0.5, 0.6) is 0 Å². The quantitative estimate of drug-likeness (QED) is 0.734. The lowest BCUT2D eigenvalue weighted by atomic mass is 10.3. The largest absolute Gasteiger partial charge is 0.316 e. The van der Waals surface area contributed by atoms with Crippen LogP contribution in [0.2, 0.25) is 0 Å². The predicted octanol–water partition coefficient (Wildman–Crippen LogP) is 1.02. The summed E-state index contributed by atoms with van der Waals surface area (Å²) in [5, 5.41) is 9.76. The second kappa shape index (κ2) is 6.31. The van der Waals surface area contributed by atoms with Gasteiger partial charge in [-0.25, -0.2) is 8.42 Å². The van der Waals surface area contributed by atoms with Crippen LogP contribution in [0.3, 0.4) is 0 Å². The topological polar surface area (TPSA) is 78.1 Å². The van der Waals surface area contributed by atoms with Gasteiger partial charge >= 0.3 is 0 Å². The van der Waals surface area contributed by atoms with Crippen molar-refractivity contribution in [2.24, 2.45) is 0 Å². The fourth-order valence-corrected chi connectivity index (χ4v) is 3.63. The zero-order chi connectivity index (χ0) is 14.6. The van der Waals surface area contributed by atoms with Crippen LogP contribution in [-0.4, -0.2) is 42.6 Å². The first kappa shape index (κ1) is 15.9. The third-order valence-electron chi connectivity index (χ3n) is 2.83. The average Bonchev–Trinajstić information content (AvgIpc) is 2.68. The molecule has 0 fully saturated rings. The van der Waals surface area contributed by atoms with E-state index < -0.39 is 10.0 Å². The summed E-state index contributed by atoms with van der Waals surface area (Å²) >= 11 is 0. The third-order valence-corrected chi connectivity index (χ3v) is 4.84. The lowest BCUT2D eigenvalue weighted by Crippen LogP contribution is -2.37. The monoisotopic (exact) mass is 286 g/mol. The van der Waals surface area contributed by atoms with E-state index in [-0.39, 0.29) is 17.6 Å². The number of sulfonamides is 1. The molecule has 0 unspecified atom stereocenters. The minimum Gasteiger partial charge on any atom is -0.316 e. The van der Waals surface area contributed by atoms with Gasteiger partial charge in [-0.15, -0.1) is 6.58 Å². The van der Waals surface area contributed by atoms with E-state index in [2.05, 4.69) is 22.1 Å². The van der Waals surface area contributed by atoms with Crippen LogP contribution in [0.25, 0.3) is 0 Å². The maximum atomic E-state index is 12.6. The molecule has 108 valence electrons. The van der Waals surface area contributed by atoms with Gasteiger partial charge in [-0.3, -0.25) is 5.10 Å². The van der Waals surface area contributed by atoms with E-state index in [1.807, 2.05) is 20.8 Å². The number of nitrogens with one attached hydrogen (secondary N) is 2. The van der Waals surface area contributed by atoms with Crippen molar-refractivity contribution in [2.45, 2.75) is 38.4 Å². The van der Waals surface area contributed by atoms with Gasteiger partial charge in [-0.1, -0.05) is 6.08 Å². The summed E-state index contributed by atoms with van der Waals surface area (Å²) in [5.74, 6) is 0. The summed E-state index contributed by atoms with van der Waals surface area (Å²) in [6.45, 7) is 9.81. The molecule has 0 aromatic carbocycles. The molecule has 0 spiro atoms. The minimum atomic E-state index is -3.61. The highest BCUT2D eigenvalue weighted by Gasteiger charge is 2.31. The maximum Gasteiger partial charge on any atom is 0.263 e. The first-order valence-corrected chi connectivity index (χ1v) is 7.61. The minimum absolute atomic E-state index is 0.0925. The third kappa shape index (κ3) is 3.23. The first-order valence-electron chi connectivity index (χ1n) is 6.17. The van der Waals surface area contributed by atoms with Crippen LogP contribution in [0.4, 0.5) is 0 Å². The second-order valence-electron chi connectivity index (χ2n) is 4.62. The van der Waals surface area contributed by atoms with Gasteiger partial charge < -0.3 is 5.32 Å². The molecule has 1 heterocycles. The molecule has 0 atom stereocenters. The molecule has 1 aromatic heterocycles. The standard InChI is InChI=1S/C12H22N4O2S/c1-6-7-16(9(2)3)19(17,18)12-11(8-13-5)10(4)14-15-12/h6,9,13H,1,7-8H2,2-5H3,(H,14,15). The van der Waals surface area contributed by atoms with Crippen molar-refractivity contribution in [3.63, 3.8) is 0 Å². The summed E-state index contributed by atoms with van der Waals surface area (Å²) in [7, 11) is -1.84. The second-order valence-corrected chi connectivity index (χ2v) is 6.43. The Balaban J connectivity index is 3.29. The molecule has 0 saturated carbocycles. The number of hydrogen-bond donors (Lipinski definition) is 2. The predicted molar refractivity (Wildman–Crippen MR) is 75.3 cm³/mol. The SMILES string of the molecule is C=CCN(C(C)C)S(=O)(=O)c1n[nH]c(C)c1CNC. The van der Waals surface area contributed by atoms with Gasteiger partial charge in [-0.2, -0.15) is 9.40 Å². The molecule has 7 heteroatoms. The van der Waals surface area contributed by atoms with E-state index in [0.717, 1.165) is 5.69 Å². The summed E-state index contributed by atoms with van der Waals surface area (Å²) in [5.41, 5.74) is 1.44. The molecule has 2 N–H and O–H groups in total. The summed E-state index contributed by atoms with van der Waals surface area (Å²) in [4.78, 5) is 0. The van der Waals surface area contributed by atoms with Crippen molar-refractivity contribution < 1.29 is 8.42 Å². The fourth-order valence-electron chi connectivity index (χ4n) is 1.85. The van der Waals surface area contributed by atoms with Crippen molar-refractivity contribution in [3.8, 4) is 0 Å². The van der Waals surface area contributed by atoms with Gasteiger partial charge in [0.1, 0.15) is 0 Å². The first-order chi connectivity index (χ1) is 8.86. The Morgan fingerprint density at radius 2 is 2.16 bits per heavy atom. The summed E-state index contributed by atoms with van der Waals surface area (Å²) in [6, 6.07) is -0.151. The lowest BCUT2D eigenvalue weighted by Gasteiger charge is -2.23. The van der Waals surface area contributed by atoms with Crippen molar-refractivity contribution in [3.05, 3.63) is 23.9 Å². The van der Waals surface area contributed by atoms with Crippen molar-refractivity contribution in [1.82, 2.24) is 19.8 Å². The van der Waals surface area contributed by atoms with E-state index in [0.29, 0.717) is 12.1 Å². The Hall–Kier alpha value is -1.18. The Kier molecular flexibility index (Phi) is 5.28. The van der Waals surface area contributed by atoms with E-state index in [1.54, 1.807) is 13.1 Å². The highest BCUT2D eigenvalue weighted by Crippen LogP contribution is 2.22. The Morgan fingerprint density at radius 1 is 1.53 bits per heavy atom. The van der Waals surface area contributed by atoms with E-state index in [1.165, 1.54) is 4.31 Å². The van der Waals surface area contributed by atoms with Crippen molar-refractivity contribution in [1.29, 1.82) is 0 Å². The number of H-pyrrole nitrogens is 1. The van der Waals surface area contributed by atoms with Crippen molar-refractivity contribution in [2.75, 3.05) is 13.6 Å². The molecule has 19 heavy (non-hydrogen) atoms. The molecule has 0 aliphatic rings. The van der Waals surface area contributed by atoms with Crippen LogP contribution < -0.4 is 5.32 Å². The number of nitrogens with zero attached hydrogens (tertiary/aromatic N) is 2. The highest BCUT2D eigenvalue weighted by molar-refractivity contribution is 7.89. The summed E-state index contributed by atoms with van der Waals surface area (Å²) in [6.07, 6.45) is 1.58. The number of hydrogen-bond acceptors (Lipinski definition) is 4. The van der Waals surface area contributed by atoms with Gasteiger partial charge in [0.2, 0.25) is 0 Å². The number of rotatable bonds is 7. The highest BCUT2D eigenvalue weighted by atomic mass is 32.2. The van der Waals surface area contributed by atoms with Crippen molar-refractivity contribution >= 4 is 10.0 Å². The zero-order valence-corrected chi connectivity index (χ0v) is 12.7. The number of aryl methyl sites for hydroxylation is 1. The molecule has 6 nitrogen and oxygen atoms in total. The number of aromatic amines is 1. The van der Waals surface area contributed by atoms with Crippen LogP contribution >= 0.6 is 0 Å². The zero-order valence-electron chi connectivity index (χ0n) is 11.9. The average molecular weight is 286 g/mol. The molecule has 0 radical (unpaired) electrons. The molecule has 1 rings (SSSR count). The van der Waals surface area contributed by atoms with E-state index in [9.17, 15) is 8.42 Å². The van der Waals surface area contributed by atoms with Crippen LogP contribution in [0, 0.1) is 6.92 Å². The molecular weight excluding hydrogens is 264 g/mol. The van der Waals surface area contributed by atoms with Crippen LogP contribution in [0.1, 0.15) is 25.1 Å². The van der Waals surface area contributed by atoms with Gasteiger partial charge in [0.15, 0.2) is 5.03 Å². The molecule has 0 saturated heterocycles. The Bertz CT molecular complexity index is 534. The Labute approximate surface area is 114 Å². The molecule has 0 aliphatic heterocycles. The molecular formula is C12H22N4O2S. The molecule has 0 amide bonds. The van der Waals surface area contributed by atoms with Gasteiger partial charge in [0.05, 0.1) is 0 Å². The lowest BCUT2D eigenvalue weighted by molar-refractivity contribution is 0.380. The normalized spacial score (nSPS) is 12.3. The van der Waals surface area contributed by atoms with E-state index in [4.69, 9.17) is 0 Å². The van der Waals surface area contributed by atoms with Crippen LogP contribution in [0.15, 0.2) is 17.7 Å². The molecule has 0 bridgehead atoms. The number of aromatic nitrogens is 2. The maximum absolute atomic E-state index is 12.6. The van der Waals surface area contributed by atoms with E-state index >= 15 is 0 Å². The molecule has 0 aliphatic carbocycles. The van der Waals surface area contributed by atoms with Gasteiger partial charge in [-0.05, 0) is 27.8 Å². The summed E-state index contributed by atoms with van der Waals surface area (Å²) < 4.78 is 26.7. The smallest absolute Gasteiger partial charge is 0.263 e. The van der Waals surface area contributed by atoms with Crippen LogP contribution in [-0.2, 0) is 16.6 Å². The molecule has 1 aromatic rings. The van der Waals surface area contributed by atoms with Gasteiger partial charge in [0.25, 0.3) is 10.0 Å². The van der Waals surface area contributed by atoms with Gasteiger partial charge in [0, 0.05) is 30.4 Å².